The van der Waals surface area contributed by atoms with Gasteiger partial charge in [-0.3, -0.25) is 4.79 Å². The highest BCUT2D eigenvalue weighted by molar-refractivity contribution is 7.89. The summed E-state index contributed by atoms with van der Waals surface area (Å²) in [5, 5.41) is 16.7. The van der Waals surface area contributed by atoms with E-state index in [1.54, 1.807) is 0 Å². The van der Waals surface area contributed by atoms with Crippen LogP contribution >= 0.6 is 0 Å². The lowest BCUT2D eigenvalue weighted by Crippen LogP contribution is -2.43. The van der Waals surface area contributed by atoms with Crippen LogP contribution < -0.4 is 10.1 Å². The Hall–Kier alpha value is -3.49. The van der Waals surface area contributed by atoms with Gasteiger partial charge in [0.2, 0.25) is 15.9 Å². The molecule has 192 valence electrons. The molecule has 0 saturated carbocycles. The standard InChI is InChI=1S/C22H20F4N4O5S/c1-35-21-18(12-29(28-21)15-6-2-13(3-7-15)22(24,25)26)27-20(32)19-10-16(31)11-30(19)36(33,34)17-8-4-14(23)5-9-17/h2-9,12,16,19,31H,10-11H2,1H3,(H,27,32)/t16-,19-/m0/s1. The minimum absolute atomic E-state index is 0.0305. The molecular weight excluding hydrogens is 508 g/mol. The predicted octanol–water partition coefficient (Wildman–Crippen LogP) is 2.80. The molecule has 0 radical (unpaired) electrons. The zero-order valence-corrected chi connectivity index (χ0v) is 19.4. The largest absolute Gasteiger partial charge is 0.478 e. The third-order valence-electron chi connectivity index (χ3n) is 5.55. The highest BCUT2D eigenvalue weighted by atomic mass is 32.2. The van der Waals surface area contributed by atoms with Gasteiger partial charge in [-0.2, -0.15) is 17.5 Å². The number of carbonyl (C=O) groups is 1. The number of sulfonamides is 1. The van der Waals surface area contributed by atoms with Gasteiger partial charge in [-0.25, -0.2) is 17.5 Å². The number of hydrogen-bond donors (Lipinski definition) is 2. The van der Waals surface area contributed by atoms with Crippen LogP contribution in [0.1, 0.15) is 12.0 Å². The molecule has 2 heterocycles. The van der Waals surface area contributed by atoms with Gasteiger partial charge >= 0.3 is 6.18 Å². The Bertz CT molecular complexity index is 1360. The third-order valence-corrected chi connectivity index (χ3v) is 7.44. The summed E-state index contributed by atoms with van der Waals surface area (Å²) in [6.07, 6.45) is -4.52. The van der Waals surface area contributed by atoms with Crippen LogP contribution in [0.3, 0.4) is 0 Å². The first-order valence-electron chi connectivity index (χ1n) is 10.5. The van der Waals surface area contributed by atoms with E-state index in [0.29, 0.717) is 0 Å². The van der Waals surface area contributed by atoms with E-state index in [1.165, 1.54) is 30.1 Å². The maximum atomic E-state index is 13.2. The first kappa shape index (κ1) is 25.6. The van der Waals surface area contributed by atoms with Crippen molar-refractivity contribution in [1.82, 2.24) is 14.1 Å². The highest BCUT2D eigenvalue weighted by Crippen LogP contribution is 2.32. The molecule has 1 saturated heterocycles. The number of benzene rings is 2. The van der Waals surface area contributed by atoms with Gasteiger partial charge in [-0.1, -0.05) is 0 Å². The second kappa shape index (κ2) is 9.52. The number of methoxy groups -OCH3 is 1. The SMILES string of the molecule is COc1nn(-c2ccc(C(F)(F)F)cc2)cc1NC(=O)[C@@H]1C[C@H](O)CN1S(=O)(=O)c1ccc(F)cc1. The maximum absolute atomic E-state index is 13.2. The summed E-state index contributed by atoms with van der Waals surface area (Å²) in [6.45, 7) is -0.347. The lowest BCUT2D eigenvalue weighted by molar-refractivity contribution is -0.137. The fourth-order valence-electron chi connectivity index (χ4n) is 3.78. The molecule has 36 heavy (non-hydrogen) atoms. The molecule has 0 bridgehead atoms. The van der Waals surface area contributed by atoms with E-state index in [9.17, 15) is 35.9 Å². The normalized spacial score (nSPS) is 18.8. The van der Waals surface area contributed by atoms with Crippen LogP contribution in [0, 0.1) is 5.82 Å². The number of hydrogen-bond acceptors (Lipinski definition) is 6. The van der Waals surface area contributed by atoms with E-state index in [-0.39, 0.29) is 35.1 Å². The first-order chi connectivity index (χ1) is 16.9. The smallest absolute Gasteiger partial charge is 0.416 e. The summed E-state index contributed by atoms with van der Waals surface area (Å²) < 4.78 is 85.0. The van der Waals surface area contributed by atoms with E-state index in [4.69, 9.17) is 4.74 Å². The average Bonchev–Trinajstić information content (AvgIpc) is 3.42. The van der Waals surface area contributed by atoms with Crippen LogP contribution in [0.5, 0.6) is 5.88 Å². The zero-order valence-electron chi connectivity index (χ0n) is 18.6. The number of aliphatic hydroxyl groups is 1. The lowest BCUT2D eigenvalue weighted by Gasteiger charge is -2.23. The van der Waals surface area contributed by atoms with E-state index < -0.39 is 45.6 Å². The summed E-state index contributed by atoms with van der Waals surface area (Å²) in [6, 6.07) is 6.87. The molecule has 2 atom stereocenters. The summed E-state index contributed by atoms with van der Waals surface area (Å²) in [7, 11) is -2.98. The number of amides is 1. The molecule has 2 aromatic carbocycles. The lowest BCUT2D eigenvalue weighted by atomic mass is 10.2. The molecule has 0 spiro atoms. The number of aliphatic hydroxyl groups excluding tert-OH is 1. The fraction of sp³-hybridized carbons (Fsp3) is 0.273. The van der Waals surface area contributed by atoms with Gasteiger partial charge in [-0.15, -0.1) is 5.10 Å². The molecule has 3 aromatic rings. The highest BCUT2D eigenvalue weighted by Gasteiger charge is 2.43. The molecule has 2 N–H and O–H groups in total. The number of halogens is 4. The second-order valence-corrected chi connectivity index (χ2v) is 9.86. The topological polar surface area (TPSA) is 114 Å². The Kier molecular flexibility index (Phi) is 6.77. The Morgan fingerprint density at radius 1 is 1.14 bits per heavy atom. The third kappa shape index (κ3) is 5.05. The Labute approximate surface area is 203 Å². The molecule has 14 heteroatoms. The molecule has 0 unspecified atom stereocenters. The molecular formula is C22H20F4N4O5S. The van der Waals surface area contributed by atoms with E-state index in [0.717, 1.165) is 40.7 Å². The van der Waals surface area contributed by atoms with Gasteiger partial charge < -0.3 is 15.2 Å². The van der Waals surface area contributed by atoms with Crippen LogP contribution in [0.4, 0.5) is 23.2 Å². The second-order valence-electron chi connectivity index (χ2n) is 7.96. The summed E-state index contributed by atoms with van der Waals surface area (Å²) >= 11 is 0. The molecule has 9 nitrogen and oxygen atoms in total. The minimum atomic E-state index is -4.51. The van der Waals surface area contributed by atoms with Crippen molar-refractivity contribution in [2.24, 2.45) is 0 Å². The number of aromatic nitrogens is 2. The van der Waals surface area contributed by atoms with E-state index >= 15 is 0 Å². The minimum Gasteiger partial charge on any atom is -0.478 e. The molecule has 1 aliphatic rings. The molecule has 0 aliphatic carbocycles. The van der Waals surface area contributed by atoms with Crippen molar-refractivity contribution in [2.75, 3.05) is 19.0 Å². The van der Waals surface area contributed by atoms with Crippen molar-refractivity contribution in [3.05, 3.63) is 66.1 Å². The van der Waals surface area contributed by atoms with Crippen molar-refractivity contribution in [3.8, 4) is 11.6 Å². The molecule has 4 rings (SSSR count). The number of anilines is 1. The van der Waals surface area contributed by atoms with Crippen molar-refractivity contribution in [1.29, 1.82) is 0 Å². The molecule has 1 amide bonds. The Morgan fingerprint density at radius 3 is 2.36 bits per heavy atom. The van der Waals surface area contributed by atoms with Crippen molar-refractivity contribution >= 4 is 21.6 Å². The number of carbonyl (C=O) groups excluding carboxylic acids is 1. The summed E-state index contributed by atoms with van der Waals surface area (Å²) in [4.78, 5) is 12.8. The van der Waals surface area contributed by atoms with Crippen LogP contribution in [-0.2, 0) is 21.0 Å². The monoisotopic (exact) mass is 528 g/mol. The van der Waals surface area contributed by atoms with Gasteiger partial charge in [0, 0.05) is 13.0 Å². The molecule has 1 aromatic heterocycles. The van der Waals surface area contributed by atoms with Gasteiger partial charge in [0.25, 0.3) is 5.88 Å². The van der Waals surface area contributed by atoms with Crippen molar-refractivity contribution in [3.63, 3.8) is 0 Å². The Balaban J connectivity index is 1.58. The maximum Gasteiger partial charge on any atom is 0.416 e. The van der Waals surface area contributed by atoms with Gasteiger partial charge in [-0.05, 0) is 48.5 Å². The van der Waals surface area contributed by atoms with Crippen LogP contribution in [0.25, 0.3) is 5.69 Å². The Morgan fingerprint density at radius 2 is 1.78 bits per heavy atom. The van der Waals surface area contributed by atoms with E-state index in [2.05, 4.69) is 10.4 Å². The zero-order chi connectivity index (χ0) is 26.3. The number of rotatable bonds is 6. The fourth-order valence-corrected chi connectivity index (χ4v) is 5.41. The summed E-state index contributed by atoms with van der Waals surface area (Å²) in [5.41, 5.74) is -0.567. The summed E-state index contributed by atoms with van der Waals surface area (Å²) in [5.74, 6) is -1.50. The van der Waals surface area contributed by atoms with Gasteiger partial charge in [0.1, 0.15) is 17.5 Å². The van der Waals surface area contributed by atoms with Crippen LogP contribution in [-0.4, -0.2) is 59.3 Å². The first-order valence-corrected chi connectivity index (χ1v) is 11.9. The number of nitrogens with zero attached hydrogens (tertiary/aromatic N) is 3. The number of nitrogens with one attached hydrogen (secondary N) is 1. The van der Waals surface area contributed by atoms with Crippen LogP contribution in [0.15, 0.2) is 59.6 Å². The van der Waals surface area contributed by atoms with Crippen molar-refractivity contribution < 1.29 is 40.6 Å². The number of β-amino-alcohol motifs (C(OH)–C–C–N with tert-alkyl or cyclic N) is 1. The number of ether oxygens (including phenoxy) is 1. The quantitative estimate of drug-likeness (QED) is 0.476. The predicted molar refractivity (Wildman–Crippen MR) is 118 cm³/mol. The molecule has 1 fully saturated rings. The average molecular weight is 528 g/mol. The molecule has 1 aliphatic heterocycles. The van der Waals surface area contributed by atoms with Gasteiger partial charge in [0.05, 0.1) is 35.6 Å². The van der Waals surface area contributed by atoms with Gasteiger partial charge in [0.15, 0.2) is 0 Å². The van der Waals surface area contributed by atoms with Crippen LogP contribution in [0.2, 0.25) is 0 Å². The van der Waals surface area contributed by atoms with E-state index in [1.807, 2.05) is 0 Å². The van der Waals surface area contributed by atoms with Crippen molar-refractivity contribution in [2.45, 2.75) is 29.6 Å². The number of alkyl halides is 3.